The number of aliphatic hydroxyl groups excluding tert-OH is 1. The molecule has 1 aliphatic heterocycles. The molecule has 1 N–H and O–H groups in total. The van der Waals surface area contributed by atoms with Crippen molar-refractivity contribution in [1.82, 2.24) is 9.80 Å². The third kappa shape index (κ3) is 8.15. The van der Waals surface area contributed by atoms with Crippen LogP contribution in [0.2, 0.25) is 0 Å². The fraction of sp³-hybridized carbons (Fsp3) is 0.706. The molecule has 0 aromatic carbocycles. The van der Waals surface area contributed by atoms with Crippen LogP contribution in [0.25, 0.3) is 0 Å². The van der Waals surface area contributed by atoms with Crippen molar-refractivity contribution in [3.05, 3.63) is 24.3 Å². The molecule has 4 nitrogen and oxygen atoms in total. The third-order valence-corrected chi connectivity index (χ3v) is 3.75. The van der Waals surface area contributed by atoms with Gasteiger partial charge in [-0.2, -0.15) is 0 Å². The normalized spacial score (nSPS) is 20.0. The van der Waals surface area contributed by atoms with Crippen molar-refractivity contribution in [2.45, 2.75) is 20.3 Å². The summed E-state index contributed by atoms with van der Waals surface area (Å²) in [4.78, 5) is 9.46. The van der Waals surface area contributed by atoms with E-state index in [0.29, 0.717) is 12.5 Å². The van der Waals surface area contributed by atoms with Crippen molar-refractivity contribution in [3.8, 4) is 0 Å². The minimum absolute atomic E-state index is 0.299. The summed E-state index contributed by atoms with van der Waals surface area (Å²) in [7, 11) is 0. The molecular formula is C17H31N3O. The van der Waals surface area contributed by atoms with Crippen LogP contribution in [0.5, 0.6) is 0 Å². The molecule has 1 aliphatic rings. The highest BCUT2D eigenvalue weighted by Gasteiger charge is 2.17. The molecule has 0 amide bonds. The average molecular weight is 293 g/mol. The van der Waals surface area contributed by atoms with Crippen molar-refractivity contribution >= 4 is 6.21 Å². The van der Waals surface area contributed by atoms with E-state index >= 15 is 0 Å². The van der Waals surface area contributed by atoms with Crippen LogP contribution < -0.4 is 0 Å². The van der Waals surface area contributed by atoms with Gasteiger partial charge in [0.2, 0.25) is 0 Å². The highest BCUT2D eigenvalue weighted by molar-refractivity contribution is 5.60. The van der Waals surface area contributed by atoms with Gasteiger partial charge >= 0.3 is 0 Å². The number of piperazine rings is 1. The molecule has 1 atom stereocenters. The lowest BCUT2D eigenvalue weighted by atomic mass is 10.1. The van der Waals surface area contributed by atoms with Crippen LogP contribution in [0.15, 0.2) is 29.3 Å². The lowest BCUT2D eigenvalue weighted by Gasteiger charge is -2.35. The molecule has 21 heavy (non-hydrogen) atoms. The molecule has 0 bridgehead atoms. The highest BCUT2D eigenvalue weighted by atomic mass is 16.3. The number of hydrogen-bond acceptors (Lipinski definition) is 4. The summed E-state index contributed by atoms with van der Waals surface area (Å²) in [5.41, 5.74) is 1.24. The Morgan fingerprint density at radius 3 is 2.57 bits per heavy atom. The van der Waals surface area contributed by atoms with E-state index in [-0.39, 0.29) is 0 Å². The standard InChI is InChI=1S/C17H31N3O/c1-4-6-16(2)13-18-14-17(3)15-20-10-8-19(9-11-20)7-5-12-21/h4,6,14,17,21H,1,5,7-13,15H2,2-3H3/b16-6-,18-14?. The van der Waals surface area contributed by atoms with E-state index in [0.717, 1.165) is 52.2 Å². The molecule has 0 aliphatic carbocycles. The Morgan fingerprint density at radius 1 is 1.29 bits per heavy atom. The van der Waals surface area contributed by atoms with E-state index in [9.17, 15) is 0 Å². The van der Waals surface area contributed by atoms with Crippen LogP contribution in [0.1, 0.15) is 20.3 Å². The van der Waals surface area contributed by atoms with Crippen molar-refractivity contribution < 1.29 is 5.11 Å². The van der Waals surface area contributed by atoms with E-state index in [1.807, 2.05) is 12.2 Å². The Hall–Kier alpha value is -0.970. The second-order valence-electron chi connectivity index (χ2n) is 5.94. The second-order valence-corrected chi connectivity index (χ2v) is 5.94. The van der Waals surface area contributed by atoms with Gasteiger partial charge in [-0.15, -0.1) is 0 Å². The van der Waals surface area contributed by atoms with Crippen LogP contribution in [-0.4, -0.2) is 73.5 Å². The maximum atomic E-state index is 8.86. The molecule has 1 heterocycles. The van der Waals surface area contributed by atoms with Gasteiger partial charge in [0.1, 0.15) is 0 Å². The number of aliphatic hydroxyl groups is 1. The third-order valence-electron chi connectivity index (χ3n) is 3.75. The van der Waals surface area contributed by atoms with Gasteiger partial charge in [-0.3, -0.25) is 4.99 Å². The Morgan fingerprint density at radius 2 is 1.95 bits per heavy atom. The molecular weight excluding hydrogens is 262 g/mol. The van der Waals surface area contributed by atoms with E-state index in [4.69, 9.17) is 5.11 Å². The first-order valence-corrected chi connectivity index (χ1v) is 7.99. The van der Waals surface area contributed by atoms with E-state index in [1.165, 1.54) is 5.57 Å². The maximum absolute atomic E-state index is 8.86. The van der Waals surface area contributed by atoms with Gasteiger partial charge < -0.3 is 14.9 Å². The summed E-state index contributed by atoms with van der Waals surface area (Å²) in [6.07, 6.45) is 6.79. The molecule has 4 heteroatoms. The predicted octanol–water partition coefficient (Wildman–Crippen LogP) is 1.83. The summed E-state index contributed by atoms with van der Waals surface area (Å²) in [5, 5.41) is 8.86. The molecule has 1 saturated heterocycles. The van der Waals surface area contributed by atoms with Gasteiger partial charge in [0.15, 0.2) is 0 Å². The lowest BCUT2D eigenvalue weighted by molar-refractivity contribution is 0.120. The maximum Gasteiger partial charge on any atom is 0.0596 e. The van der Waals surface area contributed by atoms with E-state index < -0.39 is 0 Å². The number of nitrogens with zero attached hydrogens (tertiary/aromatic N) is 3. The molecule has 0 radical (unpaired) electrons. The summed E-state index contributed by atoms with van der Waals surface area (Å²) < 4.78 is 0. The van der Waals surface area contributed by atoms with Crippen LogP contribution in [0.4, 0.5) is 0 Å². The minimum Gasteiger partial charge on any atom is -0.396 e. The molecule has 1 unspecified atom stereocenters. The summed E-state index contributed by atoms with van der Waals surface area (Å²) in [6, 6.07) is 0. The molecule has 120 valence electrons. The summed E-state index contributed by atoms with van der Waals surface area (Å²) >= 11 is 0. The van der Waals surface area contributed by atoms with E-state index in [1.54, 1.807) is 0 Å². The van der Waals surface area contributed by atoms with Crippen LogP contribution >= 0.6 is 0 Å². The topological polar surface area (TPSA) is 39.1 Å². The van der Waals surface area contributed by atoms with Gasteiger partial charge in [0, 0.05) is 58.0 Å². The Kier molecular flexibility index (Phi) is 9.22. The van der Waals surface area contributed by atoms with Crippen LogP contribution in [0.3, 0.4) is 0 Å². The molecule has 0 saturated carbocycles. The zero-order valence-electron chi connectivity index (χ0n) is 13.7. The first-order valence-electron chi connectivity index (χ1n) is 7.99. The van der Waals surface area contributed by atoms with Crippen molar-refractivity contribution in [1.29, 1.82) is 0 Å². The monoisotopic (exact) mass is 293 g/mol. The van der Waals surface area contributed by atoms with Gasteiger partial charge in [-0.05, 0) is 13.3 Å². The van der Waals surface area contributed by atoms with Gasteiger partial charge in [-0.1, -0.05) is 31.2 Å². The Balaban J connectivity index is 2.21. The Bertz CT molecular complexity index is 344. The fourth-order valence-electron chi connectivity index (χ4n) is 2.57. The quantitative estimate of drug-likeness (QED) is 0.521. The lowest BCUT2D eigenvalue weighted by Crippen LogP contribution is -2.47. The predicted molar refractivity (Wildman–Crippen MR) is 91.1 cm³/mol. The van der Waals surface area contributed by atoms with Crippen LogP contribution in [-0.2, 0) is 0 Å². The summed E-state index contributed by atoms with van der Waals surface area (Å²) in [5.74, 6) is 0.491. The van der Waals surface area contributed by atoms with Gasteiger partial charge in [0.05, 0.1) is 6.54 Å². The molecule has 0 spiro atoms. The number of hydrogen-bond donors (Lipinski definition) is 1. The van der Waals surface area contributed by atoms with Gasteiger partial charge in [0.25, 0.3) is 0 Å². The summed E-state index contributed by atoms with van der Waals surface area (Å²) in [6.45, 7) is 15.7. The Labute approximate surface area is 129 Å². The van der Waals surface area contributed by atoms with Crippen molar-refractivity contribution in [2.75, 3.05) is 52.4 Å². The number of aliphatic imine (C=N–C) groups is 1. The number of allylic oxidation sites excluding steroid dienone is 2. The van der Waals surface area contributed by atoms with Crippen molar-refractivity contribution in [3.63, 3.8) is 0 Å². The van der Waals surface area contributed by atoms with Gasteiger partial charge in [-0.25, -0.2) is 0 Å². The van der Waals surface area contributed by atoms with E-state index in [2.05, 4.69) is 41.4 Å². The van der Waals surface area contributed by atoms with Crippen LogP contribution in [0, 0.1) is 5.92 Å². The fourth-order valence-corrected chi connectivity index (χ4v) is 2.57. The molecule has 1 rings (SSSR count). The first kappa shape index (κ1) is 18.1. The SMILES string of the molecule is C=C/C=C(/C)CN=CC(C)CN1CCN(CCCO)CC1. The number of rotatable bonds is 9. The van der Waals surface area contributed by atoms with Crippen molar-refractivity contribution in [2.24, 2.45) is 10.9 Å². The largest absolute Gasteiger partial charge is 0.396 e. The smallest absolute Gasteiger partial charge is 0.0596 e. The highest BCUT2D eigenvalue weighted by Crippen LogP contribution is 2.05. The molecule has 0 aromatic heterocycles. The minimum atomic E-state index is 0.299. The molecule has 1 fully saturated rings. The zero-order chi connectivity index (χ0) is 15.5. The average Bonchev–Trinajstić information content (AvgIpc) is 2.47. The second kappa shape index (κ2) is 10.7. The first-order chi connectivity index (χ1) is 10.2. The zero-order valence-corrected chi connectivity index (χ0v) is 13.7. The molecule has 0 aromatic rings.